The second-order valence-electron chi connectivity index (χ2n) is 8.76. The number of nitrogens with one attached hydrogen (secondary N) is 1. The largest absolute Gasteiger partial charge is 0.490 e. The van der Waals surface area contributed by atoms with Gasteiger partial charge in [-0.05, 0) is 48.4 Å². The van der Waals surface area contributed by atoms with Gasteiger partial charge in [0, 0.05) is 17.7 Å². The normalized spacial score (nSPS) is 17.1. The minimum absolute atomic E-state index is 0.0617. The number of carbonyl (C=O) groups is 2. The van der Waals surface area contributed by atoms with Crippen LogP contribution in [0.4, 0.5) is 10.5 Å². The lowest BCUT2D eigenvalue weighted by Crippen LogP contribution is -2.57. The van der Waals surface area contributed by atoms with Gasteiger partial charge in [-0.2, -0.15) is 0 Å². The molecule has 37 heavy (non-hydrogen) atoms. The maximum absolute atomic E-state index is 12.8. The number of nitrogens with two attached hydrogens (primary N) is 2. The predicted molar refractivity (Wildman–Crippen MR) is 138 cm³/mol. The maximum Gasteiger partial charge on any atom is 0.414 e. The van der Waals surface area contributed by atoms with E-state index in [4.69, 9.17) is 31.1 Å². The van der Waals surface area contributed by atoms with Crippen molar-refractivity contribution in [1.29, 1.82) is 5.41 Å². The van der Waals surface area contributed by atoms with E-state index in [0.717, 1.165) is 7.11 Å². The number of esters is 1. The minimum atomic E-state index is -3.96. The number of hydrogen-bond donors (Lipinski definition) is 3. The standard InChI is InChI=1S/C25H32N4O7S/c1-3-4-13-37(32,33)25(28,23(30)34-2)14-17-5-11-20(12-6-17)35-16-21-15-29(24(31)36-21)19-9-7-18(8-10-19)22(26)27/h5-12,21H,3-4,13-16,28H2,1-2H3,(H3,26,27). The molecule has 11 nitrogen and oxygen atoms in total. The Morgan fingerprint density at radius 2 is 1.84 bits per heavy atom. The first kappa shape index (κ1) is 27.9. The van der Waals surface area contributed by atoms with Gasteiger partial charge in [0.05, 0.1) is 19.4 Å². The van der Waals surface area contributed by atoms with Crippen molar-refractivity contribution in [1.82, 2.24) is 0 Å². The number of anilines is 1. The molecule has 5 N–H and O–H groups in total. The van der Waals surface area contributed by atoms with E-state index in [1.54, 1.807) is 48.5 Å². The molecular formula is C25H32N4O7S. The summed E-state index contributed by atoms with van der Waals surface area (Å²) in [7, 11) is -2.86. The van der Waals surface area contributed by atoms with E-state index >= 15 is 0 Å². The van der Waals surface area contributed by atoms with E-state index in [9.17, 15) is 18.0 Å². The molecule has 2 atom stereocenters. The molecule has 2 unspecified atom stereocenters. The van der Waals surface area contributed by atoms with Crippen LogP contribution in [0.5, 0.6) is 5.75 Å². The summed E-state index contributed by atoms with van der Waals surface area (Å²) in [4.78, 5) is 23.9. The summed E-state index contributed by atoms with van der Waals surface area (Å²) in [6.45, 7) is 2.23. The van der Waals surface area contributed by atoms with Crippen molar-refractivity contribution in [3.05, 3.63) is 59.7 Å². The lowest BCUT2D eigenvalue weighted by molar-refractivity contribution is -0.143. The molecule has 1 fully saturated rings. The molecule has 12 heteroatoms. The molecule has 0 aliphatic carbocycles. The predicted octanol–water partition coefficient (Wildman–Crippen LogP) is 1.96. The van der Waals surface area contributed by atoms with Gasteiger partial charge in [0.1, 0.15) is 18.2 Å². The molecule has 0 spiro atoms. The van der Waals surface area contributed by atoms with Gasteiger partial charge >= 0.3 is 12.1 Å². The van der Waals surface area contributed by atoms with Crippen LogP contribution in [-0.4, -0.2) is 63.3 Å². The average molecular weight is 533 g/mol. The molecule has 2 aromatic carbocycles. The smallest absolute Gasteiger partial charge is 0.414 e. The second-order valence-corrected chi connectivity index (χ2v) is 11.1. The molecule has 0 radical (unpaired) electrons. The highest BCUT2D eigenvalue weighted by atomic mass is 32.2. The Labute approximate surface area is 216 Å². The summed E-state index contributed by atoms with van der Waals surface area (Å²) in [6.07, 6.45) is -0.241. The van der Waals surface area contributed by atoms with Gasteiger partial charge in [0.25, 0.3) is 0 Å². The van der Waals surface area contributed by atoms with E-state index in [0.29, 0.717) is 35.4 Å². The fraction of sp³-hybridized carbons (Fsp3) is 0.400. The molecule has 1 heterocycles. The number of nitrogens with zero attached hydrogens (tertiary/aromatic N) is 1. The number of benzene rings is 2. The summed E-state index contributed by atoms with van der Waals surface area (Å²) < 4.78 is 41.5. The number of nitrogen functional groups attached to an aromatic ring is 1. The van der Waals surface area contributed by atoms with Gasteiger partial charge in [-0.3, -0.25) is 10.3 Å². The highest BCUT2D eigenvalue weighted by molar-refractivity contribution is 7.93. The first-order chi connectivity index (χ1) is 17.5. The molecule has 200 valence electrons. The first-order valence-electron chi connectivity index (χ1n) is 11.7. The SMILES string of the molecule is CCCCS(=O)(=O)C(N)(Cc1ccc(OCC2CN(c3ccc(C(=N)N)cc3)C(=O)O2)cc1)C(=O)OC. The third kappa shape index (κ3) is 6.38. The molecule has 1 aliphatic heterocycles. The third-order valence-corrected chi connectivity index (χ3v) is 8.29. The van der Waals surface area contributed by atoms with Crippen LogP contribution >= 0.6 is 0 Å². The number of carbonyl (C=O) groups excluding carboxylic acids is 2. The Hall–Kier alpha value is -3.64. The second kappa shape index (κ2) is 11.6. The number of hydrogen-bond acceptors (Lipinski definition) is 9. The van der Waals surface area contributed by atoms with Crippen LogP contribution in [0.2, 0.25) is 0 Å². The molecule has 1 amide bonds. The van der Waals surface area contributed by atoms with E-state index in [-0.39, 0.29) is 31.2 Å². The number of ether oxygens (including phenoxy) is 3. The summed E-state index contributed by atoms with van der Waals surface area (Å²) in [5.74, 6) is -0.812. The van der Waals surface area contributed by atoms with Crippen molar-refractivity contribution in [2.75, 3.05) is 30.9 Å². The summed E-state index contributed by atoms with van der Waals surface area (Å²) >= 11 is 0. The summed E-state index contributed by atoms with van der Waals surface area (Å²) in [5.41, 5.74) is 13.3. The minimum Gasteiger partial charge on any atom is -0.490 e. The van der Waals surface area contributed by atoms with Crippen molar-refractivity contribution in [3.63, 3.8) is 0 Å². The third-order valence-electron chi connectivity index (χ3n) is 6.04. The van der Waals surface area contributed by atoms with Gasteiger partial charge in [-0.25, -0.2) is 18.0 Å². The van der Waals surface area contributed by atoms with E-state index in [2.05, 4.69) is 0 Å². The fourth-order valence-electron chi connectivity index (χ4n) is 3.83. The Balaban J connectivity index is 1.61. The number of amidine groups is 1. The monoisotopic (exact) mass is 532 g/mol. The van der Waals surface area contributed by atoms with Crippen LogP contribution in [0, 0.1) is 5.41 Å². The van der Waals surface area contributed by atoms with Gasteiger partial charge in [-0.1, -0.05) is 25.5 Å². The number of cyclic esters (lactones) is 1. The zero-order valence-corrected chi connectivity index (χ0v) is 21.6. The van der Waals surface area contributed by atoms with Crippen LogP contribution < -0.4 is 21.1 Å². The van der Waals surface area contributed by atoms with Gasteiger partial charge in [-0.15, -0.1) is 0 Å². The van der Waals surface area contributed by atoms with Crippen LogP contribution in [0.15, 0.2) is 48.5 Å². The topological polar surface area (TPSA) is 175 Å². The van der Waals surface area contributed by atoms with Crippen molar-refractivity contribution in [2.45, 2.75) is 37.2 Å². The van der Waals surface area contributed by atoms with Crippen molar-refractivity contribution >= 4 is 33.4 Å². The fourth-order valence-corrected chi connectivity index (χ4v) is 5.59. The molecule has 2 aromatic rings. The van der Waals surface area contributed by atoms with Gasteiger partial charge in [0.15, 0.2) is 15.9 Å². The summed E-state index contributed by atoms with van der Waals surface area (Å²) in [6, 6.07) is 13.2. The molecule has 0 bridgehead atoms. The Bertz CT molecular complexity index is 1230. The van der Waals surface area contributed by atoms with Crippen LogP contribution in [0.3, 0.4) is 0 Å². The van der Waals surface area contributed by atoms with E-state index in [1.807, 2.05) is 6.92 Å². The van der Waals surface area contributed by atoms with Gasteiger partial charge in [0.2, 0.25) is 4.87 Å². The number of amides is 1. The molecule has 3 rings (SSSR count). The van der Waals surface area contributed by atoms with Crippen molar-refractivity contribution in [2.24, 2.45) is 11.5 Å². The van der Waals surface area contributed by atoms with Gasteiger partial charge < -0.3 is 25.7 Å². The summed E-state index contributed by atoms with van der Waals surface area (Å²) in [5, 5.41) is 7.46. The highest BCUT2D eigenvalue weighted by Gasteiger charge is 2.48. The van der Waals surface area contributed by atoms with E-state index in [1.165, 1.54) is 4.90 Å². The highest BCUT2D eigenvalue weighted by Crippen LogP contribution is 2.25. The van der Waals surface area contributed by atoms with Crippen molar-refractivity contribution in [3.8, 4) is 5.75 Å². The quantitative estimate of drug-likeness (QED) is 0.210. The maximum atomic E-state index is 12.8. The van der Waals surface area contributed by atoms with Crippen LogP contribution in [0.1, 0.15) is 30.9 Å². The Kier molecular flexibility index (Phi) is 8.77. The van der Waals surface area contributed by atoms with Crippen molar-refractivity contribution < 1.29 is 32.2 Å². The van der Waals surface area contributed by atoms with E-state index < -0.39 is 32.9 Å². The number of unbranched alkanes of at least 4 members (excludes halogenated alkanes) is 1. The number of rotatable bonds is 12. The molecule has 1 aliphatic rings. The first-order valence-corrected chi connectivity index (χ1v) is 13.4. The molecule has 0 aromatic heterocycles. The number of sulfone groups is 1. The Morgan fingerprint density at radius 1 is 1.19 bits per heavy atom. The molecule has 1 saturated heterocycles. The molecular weight excluding hydrogens is 500 g/mol. The lowest BCUT2D eigenvalue weighted by Gasteiger charge is -2.26. The lowest BCUT2D eigenvalue weighted by atomic mass is 10.1. The van der Waals surface area contributed by atoms with Crippen LogP contribution in [0.25, 0.3) is 0 Å². The zero-order chi connectivity index (χ0) is 27.2. The van der Waals surface area contributed by atoms with Crippen LogP contribution in [-0.2, 0) is 30.5 Å². The number of methoxy groups -OCH3 is 1. The Morgan fingerprint density at radius 3 is 2.41 bits per heavy atom. The molecule has 0 saturated carbocycles. The zero-order valence-electron chi connectivity index (χ0n) is 20.8. The average Bonchev–Trinajstić information content (AvgIpc) is 3.26.